The van der Waals surface area contributed by atoms with E-state index < -0.39 is 34.5 Å². The highest BCUT2D eigenvalue weighted by molar-refractivity contribution is 7.80. The Morgan fingerprint density at radius 2 is 2.04 bits per heavy atom. The number of urea groups is 1. The second kappa shape index (κ2) is 6.94. The summed E-state index contributed by atoms with van der Waals surface area (Å²) in [5, 5.41) is 0.597. The molecule has 2 atom stereocenters. The Hall–Kier alpha value is -2.24. The number of amides is 2. The van der Waals surface area contributed by atoms with E-state index in [0.29, 0.717) is 24.3 Å². The van der Waals surface area contributed by atoms with Crippen LogP contribution in [0.5, 0.6) is 0 Å². The van der Waals surface area contributed by atoms with E-state index in [1.807, 2.05) is 12.1 Å². The number of hydroxylamine groups is 2. The molecule has 2 aliphatic heterocycles. The second-order valence-corrected chi connectivity index (χ2v) is 6.79. The smallest absolute Gasteiger partial charge is 0.418 e. The third kappa shape index (κ3) is 4.06. The van der Waals surface area contributed by atoms with Gasteiger partial charge in [0.15, 0.2) is 0 Å². The van der Waals surface area contributed by atoms with Gasteiger partial charge < -0.3 is 9.64 Å². The van der Waals surface area contributed by atoms with Crippen LogP contribution >= 0.6 is 0 Å². The number of piperidine rings is 1. The SMILES string of the molecule is O=C(OCCc1ccncc1)[C@@H]1CC[C@@H]2CN1C(=O)N2OS(=O)(=O)O. The molecule has 2 fully saturated rings. The zero-order chi connectivity index (χ0) is 18.0. The average Bonchev–Trinajstić information content (AvgIpc) is 2.79. The van der Waals surface area contributed by atoms with Gasteiger partial charge in [-0.05, 0) is 30.5 Å². The molecule has 1 aromatic rings. The number of fused-ring (bicyclic) bond motifs is 2. The maximum Gasteiger partial charge on any atom is 0.418 e. The fourth-order valence-corrected chi connectivity index (χ4v) is 3.38. The van der Waals surface area contributed by atoms with Crippen LogP contribution in [0.1, 0.15) is 18.4 Å². The summed E-state index contributed by atoms with van der Waals surface area (Å²) < 4.78 is 40.0. The molecule has 2 saturated heterocycles. The number of pyridine rings is 1. The van der Waals surface area contributed by atoms with Crippen molar-refractivity contribution in [1.29, 1.82) is 0 Å². The van der Waals surface area contributed by atoms with Crippen molar-refractivity contribution < 1.29 is 31.6 Å². The van der Waals surface area contributed by atoms with Gasteiger partial charge in [-0.3, -0.25) is 9.54 Å². The van der Waals surface area contributed by atoms with Gasteiger partial charge in [0.2, 0.25) is 0 Å². The van der Waals surface area contributed by atoms with E-state index in [9.17, 15) is 18.0 Å². The van der Waals surface area contributed by atoms with Gasteiger partial charge in [-0.1, -0.05) is 0 Å². The molecule has 2 aliphatic rings. The Labute approximate surface area is 144 Å². The molecule has 10 nitrogen and oxygen atoms in total. The first-order chi connectivity index (χ1) is 11.8. The highest BCUT2D eigenvalue weighted by atomic mass is 32.3. The average molecular weight is 371 g/mol. The van der Waals surface area contributed by atoms with Crippen LogP contribution in [0.3, 0.4) is 0 Å². The number of esters is 1. The molecule has 0 aliphatic carbocycles. The number of carbonyl (C=O) groups excluding carboxylic acids is 2. The minimum absolute atomic E-state index is 0.137. The summed E-state index contributed by atoms with van der Waals surface area (Å²) in [6.07, 6.45) is 4.50. The summed E-state index contributed by atoms with van der Waals surface area (Å²) >= 11 is 0. The standard InChI is InChI=1S/C14H17N3O7S/c18-13(23-8-5-10-3-6-15-7-4-10)12-2-1-11-9-16(12)14(19)17(11)24-25(20,21)22/h3-4,6-7,11-12H,1-2,5,8-9H2,(H,20,21,22)/t11-,12+/m1/s1. The third-order valence-corrected chi connectivity index (χ3v) is 4.50. The van der Waals surface area contributed by atoms with Crippen molar-refractivity contribution in [2.24, 2.45) is 0 Å². The molecule has 3 heterocycles. The van der Waals surface area contributed by atoms with Gasteiger partial charge in [0.25, 0.3) is 0 Å². The van der Waals surface area contributed by atoms with Crippen molar-refractivity contribution in [3.8, 4) is 0 Å². The number of ether oxygens (including phenoxy) is 1. The predicted molar refractivity (Wildman–Crippen MR) is 82.3 cm³/mol. The lowest BCUT2D eigenvalue weighted by Gasteiger charge is -2.28. The van der Waals surface area contributed by atoms with Crippen LogP contribution in [0.4, 0.5) is 4.79 Å². The van der Waals surface area contributed by atoms with Crippen LogP contribution in [0, 0.1) is 0 Å². The fraction of sp³-hybridized carbons (Fsp3) is 0.500. The van der Waals surface area contributed by atoms with Crippen molar-refractivity contribution in [3.63, 3.8) is 0 Å². The van der Waals surface area contributed by atoms with E-state index in [0.717, 1.165) is 5.56 Å². The summed E-state index contributed by atoms with van der Waals surface area (Å²) in [4.78, 5) is 29.6. The van der Waals surface area contributed by atoms with Crippen LogP contribution in [-0.4, -0.2) is 65.2 Å². The largest absolute Gasteiger partial charge is 0.464 e. The monoisotopic (exact) mass is 371 g/mol. The van der Waals surface area contributed by atoms with E-state index in [1.54, 1.807) is 12.4 Å². The molecule has 0 radical (unpaired) electrons. The van der Waals surface area contributed by atoms with Gasteiger partial charge in [-0.2, -0.15) is 13.5 Å². The molecule has 11 heteroatoms. The van der Waals surface area contributed by atoms with Crippen LogP contribution in [0.2, 0.25) is 0 Å². The first kappa shape index (κ1) is 17.6. The zero-order valence-corrected chi connectivity index (χ0v) is 14.0. The lowest BCUT2D eigenvalue weighted by Crippen LogP contribution is -2.46. The zero-order valence-electron chi connectivity index (χ0n) is 13.1. The molecule has 1 N–H and O–H groups in total. The Balaban J connectivity index is 1.57. The molecule has 0 saturated carbocycles. The topological polar surface area (TPSA) is 126 Å². The summed E-state index contributed by atoms with van der Waals surface area (Å²) in [7, 11) is -4.80. The summed E-state index contributed by atoms with van der Waals surface area (Å²) in [6.45, 7) is 0.300. The maximum atomic E-state index is 12.3. The molecule has 2 bridgehead atoms. The molecule has 136 valence electrons. The lowest BCUT2D eigenvalue weighted by molar-refractivity contribution is -0.149. The van der Waals surface area contributed by atoms with Crippen molar-refractivity contribution in [1.82, 2.24) is 14.9 Å². The molecule has 2 amide bonds. The second-order valence-electron chi connectivity index (χ2n) is 5.78. The third-order valence-electron chi connectivity index (χ3n) is 4.15. The van der Waals surface area contributed by atoms with E-state index in [-0.39, 0.29) is 13.2 Å². The maximum absolute atomic E-state index is 12.3. The molecule has 1 aromatic heterocycles. The first-order valence-electron chi connectivity index (χ1n) is 7.67. The number of hydrogen-bond donors (Lipinski definition) is 1. The molecule has 3 rings (SSSR count). The van der Waals surface area contributed by atoms with Crippen LogP contribution in [0.15, 0.2) is 24.5 Å². The number of hydrogen-bond acceptors (Lipinski definition) is 7. The van der Waals surface area contributed by atoms with Gasteiger partial charge in [0.1, 0.15) is 6.04 Å². The molecular weight excluding hydrogens is 354 g/mol. The molecule has 0 spiro atoms. The van der Waals surface area contributed by atoms with Gasteiger partial charge in [-0.15, -0.1) is 4.28 Å². The number of nitrogens with zero attached hydrogens (tertiary/aromatic N) is 3. The molecule has 0 unspecified atom stereocenters. The summed E-state index contributed by atoms with van der Waals surface area (Å²) in [5.74, 6) is -0.547. The number of aromatic nitrogens is 1. The van der Waals surface area contributed by atoms with Gasteiger partial charge >= 0.3 is 22.4 Å². The highest BCUT2D eigenvalue weighted by Crippen LogP contribution is 2.31. The van der Waals surface area contributed by atoms with Crippen molar-refractivity contribution in [3.05, 3.63) is 30.1 Å². The Kier molecular flexibility index (Phi) is 4.88. The van der Waals surface area contributed by atoms with E-state index in [4.69, 9.17) is 9.29 Å². The normalized spacial score (nSPS) is 23.0. The molecule has 0 aromatic carbocycles. The quantitative estimate of drug-likeness (QED) is 0.554. The lowest BCUT2D eigenvalue weighted by atomic mass is 10.0. The van der Waals surface area contributed by atoms with E-state index in [1.165, 1.54) is 4.90 Å². The number of rotatable bonds is 6. The summed E-state index contributed by atoms with van der Waals surface area (Å²) in [6, 6.07) is 1.52. The van der Waals surface area contributed by atoms with Gasteiger partial charge in [0.05, 0.1) is 12.6 Å². The Morgan fingerprint density at radius 1 is 1.32 bits per heavy atom. The highest BCUT2D eigenvalue weighted by Gasteiger charge is 2.49. The van der Waals surface area contributed by atoms with Crippen LogP contribution < -0.4 is 0 Å². The van der Waals surface area contributed by atoms with Crippen molar-refractivity contribution >= 4 is 22.4 Å². The van der Waals surface area contributed by atoms with Gasteiger partial charge in [-0.25, -0.2) is 9.59 Å². The van der Waals surface area contributed by atoms with Gasteiger partial charge in [0, 0.05) is 25.4 Å². The Morgan fingerprint density at radius 3 is 2.72 bits per heavy atom. The minimum atomic E-state index is -4.80. The van der Waals surface area contributed by atoms with Crippen molar-refractivity contribution in [2.45, 2.75) is 31.3 Å². The van der Waals surface area contributed by atoms with E-state index in [2.05, 4.69) is 9.27 Å². The van der Waals surface area contributed by atoms with Crippen LogP contribution in [-0.2, 0) is 30.6 Å². The summed E-state index contributed by atoms with van der Waals surface area (Å²) in [5.41, 5.74) is 0.969. The first-order valence-corrected chi connectivity index (χ1v) is 9.04. The minimum Gasteiger partial charge on any atom is -0.464 e. The fourth-order valence-electron chi connectivity index (χ4n) is 2.99. The molecular formula is C14H17N3O7S. The van der Waals surface area contributed by atoms with E-state index >= 15 is 0 Å². The van der Waals surface area contributed by atoms with Crippen molar-refractivity contribution in [2.75, 3.05) is 13.2 Å². The predicted octanol–water partition coefficient (Wildman–Crippen LogP) is 0.170. The number of carbonyl (C=O) groups is 2. The van der Waals surface area contributed by atoms with Crippen LogP contribution in [0.25, 0.3) is 0 Å². The molecule has 25 heavy (non-hydrogen) atoms. The Bertz CT molecular complexity index is 755.